The highest BCUT2D eigenvalue weighted by molar-refractivity contribution is 5.90. The highest BCUT2D eigenvalue weighted by atomic mass is 16.5. The van der Waals surface area contributed by atoms with Crippen molar-refractivity contribution in [1.82, 2.24) is 4.98 Å². The lowest BCUT2D eigenvalue weighted by atomic mass is 9.89. The summed E-state index contributed by atoms with van der Waals surface area (Å²) in [5.74, 6) is 0.119. The molecule has 0 spiro atoms. The van der Waals surface area contributed by atoms with Gasteiger partial charge in [-0.05, 0) is 49.4 Å². The van der Waals surface area contributed by atoms with Crippen LogP contribution in [0.25, 0.3) is 10.9 Å². The molecular formula is C23H23NO4. The third-order valence-electron chi connectivity index (χ3n) is 5.23. The Bertz CT molecular complexity index is 979. The summed E-state index contributed by atoms with van der Waals surface area (Å²) in [6.07, 6.45) is 2.57. The molecule has 0 amide bonds. The molecule has 2 heterocycles. The average Bonchev–Trinajstić information content (AvgIpc) is 2.73. The monoisotopic (exact) mass is 377 g/mol. The van der Waals surface area contributed by atoms with Crippen molar-refractivity contribution in [3.8, 4) is 5.75 Å². The molecule has 1 fully saturated rings. The molecule has 0 aliphatic carbocycles. The number of rotatable bonds is 6. The van der Waals surface area contributed by atoms with Crippen molar-refractivity contribution < 1.29 is 19.4 Å². The van der Waals surface area contributed by atoms with Gasteiger partial charge in [-0.1, -0.05) is 30.3 Å². The third-order valence-corrected chi connectivity index (χ3v) is 5.23. The van der Waals surface area contributed by atoms with Crippen molar-refractivity contribution >= 4 is 16.9 Å². The second-order valence-corrected chi connectivity index (χ2v) is 7.13. The molecular weight excluding hydrogens is 354 g/mol. The molecule has 3 aromatic rings. The summed E-state index contributed by atoms with van der Waals surface area (Å²) >= 11 is 0. The van der Waals surface area contributed by atoms with Crippen molar-refractivity contribution in [3.05, 3.63) is 71.4 Å². The molecule has 1 aliphatic rings. The van der Waals surface area contributed by atoms with Crippen LogP contribution in [0.3, 0.4) is 0 Å². The lowest BCUT2D eigenvalue weighted by Crippen LogP contribution is -2.19. The van der Waals surface area contributed by atoms with Crippen LogP contribution in [0, 0.1) is 5.92 Å². The first kappa shape index (κ1) is 18.4. The number of carboxylic acid groups (broad SMARTS) is 1. The first-order valence-corrected chi connectivity index (χ1v) is 9.61. The number of carboxylic acids is 1. The van der Waals surface area contributed by atoms with E-state index >= 15 is 0 Å². The summed E-state index contributed by atoms with van der Waals surface area (Å²) in [6, 6.07) is 17.2. The number of benzene rings is 2. The van der Waals surface area contributed by atoms with Crippen molar-refractivity contribution in [2.45, 2.75) is 25.9 Å². The predicted octanol–water partition coefficient (Wildman–Crippen LogP) is 4.48. The number of hydrogen-bond donors (Lipinski definition) is 1. The van der Waals surface area contributed by atoms with Crippen LogP contribution in [0.1, 0.15) is 34.5 Å². The Hall–Kier alpha value is -2.92. The maximum atomic E-state index is 11.7. The molecule has 1 aromatic heterocycles. The zero-order valence-electron chi connectivity index (χ0n) is 15.6. The number of hydrogen-bond acceptors (Lipinski definition) is 4. The van der Waals surface area contributed by atoms with E-state index in [1.807, 2.05) is 42.5 Å². The normalized spacial score (nSPS) is 14.9. The predicted molar refractivity (Wildman–Crippen MR) is 107 cm³/mol. The van der Waals surface area contributed by atoms with Gasteiger partial charge in [-0.3, -0.25) is 0 Å². The largest absolute Gasteiger partial charge is 0.487 e. The highest BCUT2D eigenvalue weighted by Gasteiger charge is 2.21. The Balaban J connectivity index is 1.57. The number of aromatic nitrogens is 1. The van der Waals surface area contributed by atoms with Crippen LogP contribution in [0.15, 0.2) is 54.6 Å². The first-order valence-electron chi connectivity index (χ1n) is 9.61. The van der Waals surface area contributed by atoms with Crippen LogP contribution in [-0.4, -0.2) is 29.3 Å². The van der Waals surface area contributed by atoms with E-state index in [0.717, 1.165) is 48.2 Å². The zero-order chi connectivity index (χ0) is 19.3. The third kappa shape index (κ3) is 4.15. The molecule has 1 saturated heterocycles. The highest BCUT2D eigenvalue weighted by Crippen LogP contribution is 2.30. The van der Waals surface area contributed by atoms with Gasteiger partial charge in [-0.25, -0.2) is 9.78 Å². The second-order valence-electron chi connectivity index (χ2n) is 7.13. The molecule has 0 radical (unpaired) electrons. The number of carbonyl (C=O) groups is 1. The van der Waals surface area contributed by atoms with Crippen LogP contribution in [0.4, 0.5) is 0 Å². The fourth-order valence-electron chi connectivity index (χ4n) is 3.69. The Labute approximate surface area is 163 Å². The van der Waals surface area contributed by atoms with Gasteiger partial charge in [0.25, 0.3) is 0 Å². The number of fused-ring (bicyclic) bond motifs is 1. The fourth-order valence-corrected chi connectivity index (χ4v) is 3.69. The van der Waals surface area contributed by atoms with Crippen molar-refractivity contribution in [2.24, 2.45) is 5.92 Å². The van der Waals surface area contributed by atoms with E-state index in [2.05, 4.69) is 4.98 Å². The molecule has 5 heteroatoms. The Morgan fingerprint density at radius 1 is 1.07 bits per heavy atom. The molecule has 0 bridgehead atoms. The van der Waals surface area contributed by atoms with Gasteiger partial charge in [-0.2, -0.15) is 0 Å². The van der Waals surface area contributed by atoms with E-state index in [9.17, 15) is 9.90 Å². The molecule has 0 unspecified atom stereocenters. The summed E-state index contributed by atoms with van der Waals surface area (Å²) in [7, 11) is 0. The summed E-state index contributed by atoms with van der Waals surface area (Å²) in [6.45, 7) is 1.77. The van der Waals surface area contributed by atoms with E-state index in [0.29, 0.717) is 30.3 Å². The van der Waals surface area contributed by atoms with E-state index in [-0.39, 0.29) is 0 Å². The number of nitrogens with zero attached hydrogens (tertiary/aromatic N) is 1. The van der Waals surface area contributed by atoms with Crippen LogP contribution in [0.2, 0.25) is 0 Å². The van der Waals surface area contributed by atoms with Crippen molar-refractivity contribution in [3.63, 3.8) is 0 Å². The quantitative estimate of drug-likeness (QED) is 0.686. The minimum Gasteiger partial charge on any atom is -0.487 e. The van der Waals surface area contributed by atoms with Gasteiger partial charge in [0, 0.05) is 24.2 Å². The number of aromatic carboxylic acids is 1. The molecule has 28 heavy (non-hydrogen) atoms. The van der Waals surface area contributed by atoms with E-state index in [1.165, 1.54) is 0 Å². The van der Waals surface area contributed by atoms with Gasteiger partial charge in [0.15, 0.2) is 0 Å². The van der Waals surface area contributed by atoms with Gasteiger partial charge in [-0.15, -0.1) is 0 Å². The molecule has 4 rings (SSSR count). The molecule has 2 aromatic carbocycles. The lowest BCUT2D eigenvalue weighted by molar-refractivity contribution is 0.0653. The summed E-state index contributed by atoms with van der Waals surface area (Å²) in [5.41, 5.74) is 2.82. The fraction of sp³-hybridized carbons (Fsp3) is 0.304. The summed E-state index contributed by atoms with van der Waals surface area (Å²) in [4.78, 5) is 16.4. The maximum Gasteiger partial charge on any atom is 0.336 e. The van der Waals surface area contributed by atoms with E-state index in [4.69, 9.17) is 9.47 Å². The van der Waals surface area contributed by atoms with Crippen LogP contribution < -0.4 is 4.74 Å². The SMILES string of the molecule is O=C(O)c1cccc(OCc2ccc3ccccc3n2)c1CC1CCOCC1. The number of para-hydroxylation sites is 1. The second kappa shape index (κ2) is 8.40. The standard InChI is InChI=1S/C23H23NO4/c25-23(26)19-5-3-7-22(20(19)14-16-10-12-27-13-11-16)28-15-18-9-8-17-4-1-2-6-21(17)24-18/h1-9,16H,10-15H2,(H,25,26). The molecule has 144 valence electrons. The van der Waals surface area contributed by atoms with E-state index in [1.54, 1.807) is 12.1 Å². The van der Waals surface area contributed by atoms with Crippen LogP contribution in [-0.2, 0) is 17.8 Å². The minimum atomic E-state index is -0.920. The zero-order valence-corrected chi connectivity index (χ0v) is 15.6. The maximum absolute atomic E-state index is 11.7. The summed E-state index contributed by atoms with van der Waals surface area (Å²) < 4.78 is 11.5. The number of pyridine rings is 1. The van der Waals surface area contributed by atoms with E-state index < -0.39 is 5.97 Å². The molecule has 0 atom stereocenters. The van der Waals surface area contributed by atoms with Gasteiger partial charge >= 0.3 is 5.97 Å². The van der Waals surface area contributed by atoms with Gasteiger partial charge in [0.2, 0.25) is 0 Å². The number of ether oxygens (including phenoxy) is 2. The van der Waals surface area contributed by atoms with Crippen LogP contribution >= 0.6 is 0 Å². The molecule has 5 nitrogen and oxygen atoms in total. The molecule has 1 N–H and O–H groups in total. The molecule has 0 saturated carbocycles. The Morgan fingerprint density at radius 2 is 1.89 bits per heavy atom. The average molecular weight is 377 g/mol. The van der Waals surface area contributed by atoms with Gasteiger partial charge in [0.1, 0.15) is 12.4 Å². The van der Waals surface area contributed by atoms with Gasteiger partial charge < -0.3 is 14.6 Å². The summed E-state index contributed by atoms with van der Waals surface area (Å²) in [5, 5.41) is 10.7. The first-order chi connectivity index (χ1) is 13.7. The topological polar surface area (TPSA) is 68.7 Å². The van der Waals surface area contributed by atoms with Crippen molar-refractivity contribution in [2.75, 3.05) is 13.2 Å². The smallest absolute Gasteiger partial charge is 0.336 e. The van der Waals surface area contributed by atoms with Crippen LogP contribution in [0.5, 0.6) is 5.75 Å². The Kier molecular flexibility index (Phi) is 5.53. The minimum absolute atomic E-state index is 0.300. The van der Waals surface area contributed by atoms with Crippen molar-refractivity contribution in [1.29, 1.82) is 0 Å². The molecule has 1 aliphatic heterocycles. The van der Waals surface area contributed by atoms with Gasteiger partial charge in [0.05, 0.1) is 16.8 Å². The Morgan fingerprint density at radius 3 is 2.71 bits per heavy atom. The lowest BCUT2D eigenvalue weighted by Gasteiger charge is -2.24.